The van der Waals surface area contributed by atoms with Gasteiger partial charge in [0.15, 0.2) is 0 Å². The van der Waals surface area contributed by atoms with Crippen LogP contribution in [0.25, 0.3) is 0 Å². The zero-order chi connectivity index (χ0) is 12.1. The molecule has 0 bridgehead atoms. The van der Waals surface area contributed by atoms with E-state index in [1.807, 2.05) is 31.1 Å². The van der Waals surface area contributed by atoms with Crippen molar-refractivity contribution in [1.82, 2.24) is 10.3 Å². The van der Waals surface area contributed by atoms with Gasteiger partial charge in [-0.05, 0) is 35.1 Å². The van der Waals surface area contributed by atoms with Crippen molar-refractivity contribution >= 4 is 27.7 Å². The first kappa shape index (κ1) is 13.3. The molecular formula is C12H17BrN2OS. The van der Waals surface area contributed by atoms with Crippen molar-refractivity contribution in [2.24, 2.45) is 0 Å². The van der Waals surface area contributed by atoms with E-state index in [0.29, 0.717) is 12.1 Å². The van der Waals surface area contributed by atoms with Crippen LogP contribution >= 0.6 is 27.7 Å². The Morgan fingerprint density at radius 3 is 3.12 bits per heavy atom. The molecule has 0 amide bonds. The molecule has 0 aromatic carbocycles. The largest absolute Gasteiger partial charge is 0.375 e. The molecular weight excluding hydrogens is 300 g/mol. The number of hydrogen-bond donors (Lipinski definition) is 1. The third-order valence-corrected chi connectivity index (χ3v) is 4.37. The summed E-state index contributed by atoms with van der Waals surface area (Å²) in [7, 11) is 1.99. The zero-order valence-corrected chi connectivity index (χ0v) is 12.3. The number of pyridine rings is 1. The van der Waals surface area contributed by atoms with E-state index in [1.54, 1.807) is 0 Å². The van der Waals surface area contributed by atoms with E-state index in [-0.39, 0.29) is 0 Å². The number of hydrogen-bond acceptors (Lipinski definition) is 4. The number of aromatic nitrogens is 1. The molecule has 17 heavy (non-hydrogen) atoms. The predicted molar refractivity (Wildman–Crippen MR) is 75.6 cm³/mol. The van der Waals surface area contributed by atoms with Gasteiger partial charge in [0.1, 0.15) is 0 Å². The number of nitrogens with zero attached hydrogens (tertiary/aromatic N) is 1. The molecule has 0 aliphatic carbocycles. The van der Waals surface area contributed by atoms with Crippen LogP contribution in [0.4, 0.5) is 0 Å². The van der Waals surface area contributed by atoms with E-state index in [2.05, 4.69) is 32.3 Å². The molecule has 0 saturated carbocycles. The molecule has 3 nitrogen and oxygen atoms in total. The maximum atomic E-state index is 5.81. The molecule has 2 unspecified atom stereocenters. The van der Waals surface area contributed by atoms with Gasteiger partial charge in [0.05, 0.1) is 12.7 Å². The number of nitrogens with one attached hydrogen (secondary N) is 1. The predicted octanol–water partition coefficient (Wildman–Crippen LogP) is 2.11. The Morgan fingerprint density at radius 2 is 2.53 bits per heavy atom. The third-order valence-electron chi connectivity index (χ3n) is 2.88. The van der Waals surface area contributed by atoms with Crippen LogP contribution in [0.15, 0.2) is 22.8 Å². The number of ether oxygens (including phenoxy) is 1. The Kier molecular flexibility index (Phi) is 5.28. The highest BCUT2D eigenvalue weighted by Crippen LogP contribution is 2.18. The molecule has 0 spiro atoms. The standard InChI is InChI=1S/C12H17BrN2OS/c1-14-11(12-8-17-5-4-16-12)6-10-3-2-9(13)7-15-10/h2-3,7,11-12,14H,4-6,8H2,1H3. The normalized spacial score (nSPS) is 22.4. The summed E-state index contributed by atoms with van der Waals surface area (Å²) in [6, 6.07) is 4.44. The monoisotopic (exact) mass is 316 g/mol. The summed E-state index contributed by atoms with van der Waals surface area (Å²) >= 11 is 5.37. The topological polar surface area (TPSA) is 34.2 Å². The van der Waals surface area contributed by atoms with Crippen LogP contribution in [-0.2, 0) is 11.2 Å². The Morgan fingerprint density at radius 1 is 1.65 bits per heavy atom. The molecule has 94 valence electrons. The summed E-state index contributed by atoms with van der Waals surface area (Å²) in [5, 5.41) is 3.34. The van der Waals surface area contributed by atoms with Gasteiger partial charge < -0.3 is 10.1 Å². The van der Waals surface area contributed by atoms with Crippen molar-refractivity contribution in [2.75, 3.05) is 25.2 Å². The van der Waals surface area contributed by atoms with Gasteiger partial charge in [0.25, 0.3) is 0 Å². The molecule has 1 aliphatic heterocycles. The van der Waals surface area contributed by atoms with Crippen molar-refractivity contribution in [2.45, 2.75) is 18.6 Å². The maximum absolute atomic E-state index is 5.81. The van der Waals surface area contributed by atoms with E-state index in [4.69, 9.17) is 4.74 Å². The van der Waals surface area contributed by atoms with Crippen molar-refractivity contribution in [3.8, 4) is 0 Å². The van der Waals surface area contributed by atoms with Gasteiger partial charge in [-0.15, -0.1) is 0 Å². The fraction of sp³-hybridized carbons (Fsp3) is 0.583. The lowest BCUT2D eigenvalue weighted by Crippen LogP contribution is -2.44. The third kappa shape index (κ3) is 3.95. The highest BCUT2D eigenvalue weighted by Gasteiger charge is 2.24. The lowest BCUT2D eigenvalue weighted by atomic mass is 10.1. The van der Waals surface area contributed by atoms with E-state index < -0.39 is 0 Å². The molecule has 1 fully saturated rings. The molecule has 2 heterocycles. The summed E-state index contributed by atoms with van der Waals surface area (Å²) in [6.07, 6.45) is 3.05. The smallest absolute Gasteiger partial charge is 0.0822 e. The van der Waals surface area contributed by atoms with E-state index >= 15 is 0 Å². The Hall–Kier alpha value is -0.100. The van der Waals surface area contributed by atoms with Gasteiger partial charge in [0, 0.05) is 40.3 Å². The first-order valence-corrected chi connectivity index (χ1v) is 7.71. The summed E-state index contributed by atoms with van der Waals surface area (Å²) in [4.78, 5) is 4.41. The second-order valence-electron chi connectivity index (χ2n) is 4.05. The summed E-state index contributed by atoms with van der Waals surface area (Å²) in [5.74, 6) is 2.19. The number of likely N-dealkylation sites (N-methyl/N-ethyl adjacent to an activating group) is 1. The van der Waals surface area contributed by atoms with Gasteiger partial charge in [-0.1, -0.05) is 0 Å². The van der Waals surface area contributed by atoms with Crippen LogP contribution in [0.2, 0.25) is 0 Å². The minimum atomic E-state index is 0.296. The quantitative estimate of drug-likeness (QED) is 0.922. The van der Waals surface area contributed by atoms with Gasteiger partial charge in [-0.3, -0.25) is 4.98 Å². The SMILES string of the molecule is CNC(Cc1ccc(Br)cn1)C1CSCCO1. The summed E-state index contributed by atoms with van der Waals surface area (Å²) in [5.41, 5.74) is 1.10. The molecule has 5 heteroatoms. The second kappa shape index (κ2) is 6.73. The highest BCUT2D eigenvalue weighted by atomic mass is 79.9. The van der Waals surface area contributed by atoms with Crippen LogP contribution in [0, 0.1) is 0 Å². The van der Waals surface area contributed by atoms with Crippen LogP contribution in [0.5, 0.6) is 0 Å². The fourth-order valence-corrected chi connectivity index (χ4v) is 3.09. The van der Waals surface area contributed by atoms with Crippen LogP contribution in [0.3, 0.4) is 0 Å². The molecule has 2 rings (SSSR count). The van der Waals surface area contributed by atoms with Crippen LogP contribution in [-0.4, -0.2) is 42.3 Å². The van der Waals surface area contributed by atoms with Gasteiger partial charge in [-0.25, -0.2) is 0 Å². The van der Waals surface area contributed by atoms with Crippen molar-refractivity contribution < 1.29 is 4.74 Å². The van der Waals surface area contributed by atoms with Crippen molar-refractivity contribution in [3.63, 3.8) is 0 Å². The molecule has 1 saturated heterocycles. The average molecular weight is 317 g/mol. The molecule has 1 aliphatic rings. The number of rotatable bonds is 4. The minimum absolute atomic E-state index is 0.296. The lowest BCUT2D eigenvalue weighted by molar-refractivity contribution is 0.0489. The minimum Gasteiger partial charge on any atom is -0.375 e. The number of thioether (sulfide) groups is 1. The highest BCUT2D eigenvalue weighted by molar-refractivity contribution is 9.10. The Labute approximate surface area is 115 Å². The van der Waals surface area contributed by atoms with Crippen LogP contribution < -0.4 is 5.32 Å². The second-order valence-corrected chi connectivity index (χ2v) is 6.12. The molecule has 1 aromatic rings. The molecule has 2 atom stereocenters. The molecule has 1 aromatic heterocycles. The van der Waals surface area contributed by atoms with E-state index in [0.717, 1.165) is 34.7 Å². The summed E-state index contributed by atoms with van der Waals surface area (Å²) < 4.78 is 6.83. The zero-order valence-electron chi connectivity index (χ0n) is 9.86. The number of halogens is 1. The first-order valence-electron chi connectivity index (χ1n) is 5.76. The van der Waals surface area contributed by atoms with Crippen molar-refractivity contribution in [1.29, 1.82) is 0 Å². The van der Waals surface area contributed by atoms with Gasteiger partial charge in [0.2, 0.25) is 0 Å². The van der Waals surface area contributed by atoms with Gasteiger partial charge in [-0.2, -0.15) is 11.8 Å². The first-order chi connectivity index (χ1) is 8.29. The molecule has 1 N–H and O–H groups in total. The Balaban J connectivity index is 1.96. The van der Waals surface area contributed by atoms with Crippen LogP contribution in [0.1, 0.15) is 5.69 Å². The van der Waals surface area contributed by atoms with E-state index in [1.165, 1.54) is 0 Å². The Bertz CT molecular complexity index is 341. The average Bonchev–Trinajstić information content (AvgIpc) is 2.39. The van der Waals surface area contributed by atoms with Crippen molar-refractivity contribution in [3.05, 3.63) is 28.5 Å². The van der Waals surface area contributed by atoms with E-state index in [9.17, 15) is 0 Å². The summed E-state index contributed by atoms with van der Waals surface area (Å²) in [6.45, 7) is 0.862. The maximum Gasteiger partial charge on any atom is 0.0822 e. The lowest BCUT2D eigenvalue weighted by Gasteiger charge is -2.29. The fourth-order valence-electron chi connectivity index (χ4n) is 1.91. The van der Waals surface area contributed by atoms with Gasteiger partial charge >= 0.3 is 0 Å². The molecule has 0 radical (unpaired) electrons.